The van der Waals surface area contributed by atoms with Gasteiger partial charge in [0.25, 0.3) is 10.0 Å². The molecule has 0 aliphatic carbocycles. The summed E-state index contributed by atoms with van der Waals surface area (Å²) in [6.45, 7) is 4.19. The van der Waals surface area contributed by atoms with Crippen LogP contribution in [0.4, 0.5) is 5.82 Å². The average molecular weight is 445 g/mol. The van der Waals surface area contributed by atoms with Crippen LogP contribution in [0.1, 0.15) is 19.4 Å². The fourth-order valence-corrected chi connectivity index (χ4v) is 4.40. The van der Waals surface area contributed by atoms with Crippen molar-refractivity contribution >= 4 is 43.5 Å². The highest BCUT2D eigenvalue weighted by Crippen LogP contribution is 2.16. The summed E-state index contributed by atoms with van der Waals surface area (Å²) in [6, 6.07) is 9.40. The molecule has 2 aromatic rings. The van der Waals surface area contributed by atoms with E-state index < -0.39 is 20.0 Å². The van der Waals surface area contributed by atoms with Crippen molar-refractivity contribution in [3.05, 3.63) is 58.6 Å². The van der Waals surface area contributed by atoms with E-state index in [1.807, 2.05) is 0 Å². The van der Waals surface area contributed by atoms with Gasteiger partial charge in [-0.1, -0.05) is 37.6 Å². The van der Waals surface area contributed by atoms with Crippen LogP contribution in [0.2, 0.25) is 5.02 Å². The first-order valence-corrected chi connectivity index (χ1v) is 11.7. The Balaban J connectivity index is 2.03. The van der Waals surface area contributed by atoms with Crippen molar-refractivity contribution in [2.45, 2.75) is 18.7 Å². The third-order valence-corrected chi connectivity index (χ3v) is 6.88. The van der Waals surface area contributed by atoms with E-state index in [0.717, 1.165) is 5.41 Å². The molecule has 28 heavy (non-hydrogen) atoms. The fraction of sp³-hybridized carbons (Fsp3) is 0.235. The van der Waals surface area contributed by atoms with Gasteiger partial charge in [-0.2, -0.15) is 4.31 Å². The summed E-state index contributed by atoms with van der Waals surface area (Å²) < 4.78 is 50.1. The van der Waals surface area contributed by atoms with Crippen molar-refractivity contribution in [1.82, 2.24) is 14.1 Å². The summed E-state index contributed by atoms with van der Waals surface area (Å²) in [6.07, 6.45) is 2.58. The Labute approximate surface area is 170 Å². The van der Waals surface area contributed by atoms with E-state index in [2.05, 4.69) is 15.2 Å². The Kier molecular flexibility index (Phi) is 7.55. The molecule has 0 radical (unpaired) electrons. The van der Waals surface area contributed by atoms with Gasteiger partial charge in [0.15, 0.2) is 0 Å². The predicted molar refractivity (Wildman–Crippen MR) is 111 cm³/mol. The first kappa shape index (κ1) is 22.3. The number of anilines is 1. The molecule has 0 amide bonds. The predicted octanol–water partition coefficient (Wildman–Crippen LogP) is 2.68. The third-order valence-electron chi connectivity index (χ3n) is 3.71. The molecule has 152 valence electrons. The summed E-state index contributed by atoms with van der Waals surface area (Å²) in [5, 5.41) is 1.54. The van der Waals surface area contributed by atoms with Gasteiger partial charge in [-0.05, 0) is 35.9 Å². The number of nitrogens with one attached hydrogen (secondary N) is 2. The van der Waals surface area contributed by atoms with Crippen LogP contribution < -0.4 is 10.3 Å². The Morgan fingerprint density at radius 2 is 1.68 bits per heavy atom. The van der Waals surface area contributed by atoms with Crippen LogP contribution in [0.3, 0.4) is 0 Å². The molecule has 0 saturated carbocycles. The van der Waals surface area contributed by atoms with E-state index >= 15 is 0 Å². The SMILES string of the molecule is CCN(CC)S(=O)(=O)c1ccc(NNS(=O)(=O)/C=C/c2ccc(Cl)cc2)nc1. The molecule has 11 heteroatoms. The van der Waals surface area contributed by atoms with Crippen molar-refractivity contribution in [2.75, 3.05) is 18.5 Å². The number of hydrogen-bond acceptors (Lipinski definition) is 6. The van der Waals surface area contributed by atoms with E-state index in [9.17, 15) is 16.8 Å². The number of sulfonamides is 2. The monoisotopic (exact) mass is 444 g/mol. The molecule has 0 spiro atoms. The highest BCUT2D eigenvalue weighted by atomic mass is 35.5. The zero-order valence-electron chi connectivity index (χ0n) is 15.3. The largest absolute Gasteiger partial charge is 0.292 e. The second-order valence-corrected chi connectivity index (χ2v) is 9.54. The first-order valence-electron chi connectivity index (χ1n) is 8.35. The Hall–Kier alpha value is -1.98. The number of pyridine rings is 1. The van der Waals surface area contributed by atoms with Crippen molar-refractivity contribution in [2.24, 2.45) is 0 Å². The lowest BCUT2D eigenvalue weighted by molar-refractivity contribution is 0.445. The molecule has 2 rings (SSSR count). The standard InChI is InChI=1S/C17H21ClN4O4S2/c1-3-22(4-2)28(25,26)16-9-10-17(19-13-16)20-21-27(23,24)12-11-14-5-7-15(18)8-6-14/h5-13,21H,3-4H2,1-2H3,(H,19,20)/b12-11+. The second kappa shape index (κ2) is 9.48. The Morgan fingerprint density at radius 3 is 2.21 bits per heavy atom. The van der Waals surface area contributed by atoms with E-state index in [0.29, 0.717) is 23.7 Å². The molecule has 0 bridgehead atoms. The van der Waals surface area contributed by atoms with E-state index in [1.54, 1.807) is 38.1 Å². The molecule has 0 aliphatic heterocycles. The maximum absolute atomic E-state index is 12.4. The molecule has 0 fully saturated rings. The number of halogens is 1. The number of hydrogen-bond donors (Lipinski definition) is 2. The maximum Gasteiger partial charge on any atom is 0.250 e. The van der Waals surface area contributed by atoms with Gasteiger partial charge < -0.3 is 0 Å². The van der Waals surface area contributed by atoms with E-state index in [1.165, 1.54) is 28.7 Å². The van der Waals surface area contributed by atoms with Crippen molar-refractivity contribution in [3.8, 4) is 0 Å². The molecular formula is C17H21ClN4O4S2. The number of nitrogens with zero attached hydrogens (tertiary/aromatic N) is 2. The van der Waals surface area contributed by atoms with Crippen LogP contribution in [0, 0.1) is 0 Å². The molecule has 1 aromatic heterocycles. The van der Waals surface area contributed by atoms with Gasteiger partial charge in [-0.3, -0.25) is 5.43 Å². The number of hydrazine groups is 1. The van der Waals surface area contributed by atoms with Gasteiger partial charge in [-0.15, -0.1) is 4.83 Å². The first-order chi connectivity index (χ1) is 13.2. The van der Waals surface area contributed by atoms with Crippen molar-refractivity contribution in [1.29, 1.82) is 0 Å². The van der Waals surface area contributed by atoms with Gasteiger partial charge in [0.05, 0.1) is 0 Å². The van der Waals surface area contributed by atoms with Gasteiger partial charge in [0.2, 0.25) is 10.0 Å². The van der Waals surface area contributed by atoms with Crippen molar-refractivity contribution < 1.29 is 16.8 Å². The van der Waals surface area contributed by atoms with Gasteiger partial charge in [-0.25, -0.2) is 21.8 Å². The third kappa shape index (κ3) is 6.01. The molecule has 0 atom stereocenters. The lowest BCUT2D eigenvalue weighted by atomic mass is 10.2. The molecule has 2 N–H and O–H groups in total. The highest BCUT2D eigenvalue weighted by molar-refractivity contribution is 7.92. The molecule has 1 heterocycles. The summed E-state index contributed by atoms with van der Waals surface area (Å²) in [5.41, 5.74) is 3.10. The summed E-state index contributed by atoms with van der Waals surface area (Å²) in [7, 11) is -7.41. The minimum atomic E-state index is -3.79. The van der Waals surface area contributed by atoms with Gasteiger partial charge in [0, 0.05) is 29.7 Å². The molecule has 8 nitrogen and oxygen atoms in total. The summed E-state index contributed by atoms with van der Waals surface area (Å²) in [5.74, 6) is 0.155. The smallest absolute Gasteiger partial charge is 0.250 e. The second-order valence-electron chi connectivity index (χ2n) is 5.59. The van der Waals surface area contributed by atoms with Crippen LogP contribution in [0.15, 0.2) is 52.9 Å². The van der Waals surface area contributed by atoms with Crippen LogP contribution >= 0.6 is 11.6 Å². The minimum absolute atomic E-state index is 0.0345. The van der Waals surface area contributed by atoms with Crippen molar-refractivity contribution in [3.63, 3.8) is 0 Å². The average Bonchev–Trinajstić information content (AvgIpc) is 2.67. The number of benzene rings is 1. The van der Waals surface area contributed by atoms with E-state index in [4.69, 9.17) is 11.6 Å². The summed E-state index contributed by atoms with van der Waals surface area (Å²) >= 11 is 5.78. The van der Waals surface area contributed by atoms with E-state index in [-0.39, 0.29) is 10.7 Å². The van der Waals surface area contributed by atoms with Crippen LogP contribution in [0.25, 0.3) is 6.08 Å². The molecule has 0 unspecified atom stereocenters. The summed E-state index contributed by atoms with van der Waals surface area (Å²) in [4.78, 5) is 6.13. The van der Waals surface area contributed by atoms with Gasteiger partial charge in [0.1, 0.15) is 10.7 Å². The molecule has 1 aromatic carbocycles. The lowest BCUT2D eigenvalue weighted by Gasteiger charge is -2.18. The quantitative estimate of drug-likeness (QED) is 0.575. The Bertz CT molecular complexity index is 1020. The highest BCUT2D eigenvalue weighted by Gasteiger charge is 2.21. The number of aromatic nitrogens is 1. The normalized spacial score (nSPS) is 12.6. The zero-order chi connectivity index (χ0) is 20.8. The topological polar surface area (TPSA) is 108 Å². The fourth-order valence-electron chi connectivity index (χ4n) is 2.22. The zero-order valence-corrected chi connectivity index (χ0v) is 17.7. The molecular weight excluding hydrogens is 424 g/mol. The van der Waals surface area contributed by atoms with Crippen LogP contribution in [0.5, 0.6) is 0 Å². The Morgan fingerprint density at radius 1 is 1.04 bits per heavy atom. The van der Waals surface area contributed by atoms with Gasteiger partial charge >= 0.3 is 0 Å². The maximum atomic E-state index is 12.4. The van der Waals surface area contributed by atoms with Crippen LogP contribution in [-0.4, -0.2) is 39.2 Å². The van der Waals surface area contributed by atoms with Crippen LogP contribution in [-0.2, 0) is 20.0 Å². The number of rotatable bonds is 9. The molecule has 0 aliphatic rings. The minimum Gasteiger partial charge on any atom is -0.292 e. The molecule has 0 saturated heterocycles. The lowest BCUT2D eigenvalue weighted by Crippen LogP contribution is -2.31.